The van der Waals surface area contributed by atoms with E-state index in [4.69, 9.17) is 0 Å². The van der Waals surface area contributed by atoms with E-state index in [2.05, 4.69) is 37.4 Å². The van der Waals surface area contributed by atoms with Crippen molar-refractivity contribution in [3.05, 3.63) is 34.9 Å². The Morgan fingerprint density at radius 2 is 2.13 bits per heavy atom. The van der Waals surface area contributed by atoms with E-state index < -0.39 is 0 Å². The second kappa shape index (κ2) is 4.05. The first-order valence-electron chi connectivity index (χ1n) is 5.53. The molecule has 0 bridgehead atoms. The third-order valence-electron chi connectivity index (χ3n) is 3.04. The zero-order valence-electron chi connectivity index (χ0n) is 9.34. The molecule has 1 saturated heterocycles. The van der Waals surface area contributed by atoms with Gasteiger partial charge < -0.3 is 5.32 Å². The number of rotatable bonds is 1. The molecule has 1 heterocycles. The fourth-order valence-electron chi connectivity index (χ4n) is 2.17. The number of carbonyl (C=O) groups is 1. The summed E-state index contributed by atoms with van der Waals surface area (Å²) in [5.74, 6) is 0.187. The summed E-state index contributed by atoms with van der Waals surface area (Å²) in [6, 6.07) is 6.66. The Kier molecular flexibility index (Phi) is 2.76. The first-order chi connectivity index (χ1) is 7.16. The Hall–Kier alpha value is -1.31. The molecule has 80 valence electrons. The van der Waals surface area contributed by atoms with E-state index in [1.165, 1.54) is 16.7 Å². The lowest BCUT2D eigenvalue weighted by molar-refractivity contribution is -0.123. The van der Waals surface area contributed by atoms with E-state index in [9.17, 15) is 4.79 Å². The molecule has 2 heteroatoms. The molecule has 1 unspecified atom stereocenters. The number of piperidine rings is 1. The number of hydrogen-bond acceptors (Lipinski definition) is 1. The standard InChI is InChI=1S/C13H17NO/c1-9-6-7-10(2)11(8-9)12-4-3-5-13(15)14-12/h6-8,12H,3-5H2,1-2H3,(H,14,15). The molecule has 1 fully saturated rings. The number of carbonyl (C=O) groups excluding carboxylic acids is 1. The number of hydrogen-bond donors (Lipinski definition) is 1. The lowest BCUT2D eigenvalue weighted by Crippen LogP contribution is -2.32. The molecule has 1 aliphatic heterocycles. The molecule has 0 spiro atoms. The average molecular weight is 203 g/mol. The van der Waals surface area contributed by atoms with Crippen molar-refractivity contribution in [3.63, 3.8) is 0 Å². The average Bonchev–Trinajstić information content (AvgIpc) is 2.22. The highest BCUT2D eigenvalue weighted by molar-refractivity contribution is 5.77. The fourth-order valence-corrected chi connectivity index (χ4v) is 2.17. The van der Waals surface area contributed by atoms with Crippen LogP contribution in [0.25, 0.3) is 0 Å². The number of benzene rings is 1. The predicted octanol–water partition coefficient (Wildman–Crippen LogP) is 2.64. The molecular weight excluding hydrogens is 186 g/mol. The molecule has 1 aromatic carbocycles. The molecule has 0 aromatic heterocycles. The lowest BCUT2D eigenvalue weighted by atomic mass is 9.93. The molecule has 1 aromatic rings. The molecule has 15 heavy (non-hydrogen) atoms. The van der Waals surface area contributed by atoms with Gasteiger partial charge in [0, 0.05) is 6.42 Å². The van der Waals surface area contributed by atoms with Crippen molar-refractivity contribution in [3.8, 4) is 0 Å². The molecular formula is C13H17NO. The largest absolute Gasteiger partial charge is 0.349 e. The number of nitrogens with one attached hydrogen (secondary N) is 1. The molecule has 0 radical (unpaired) electrons. The van der Waals surface area contributed by atoms with Crippen LogP contribution in [0.5, 0.6) is 0 Å². The van der Waals surface area contributed by atoms with Crippen molar-refractivity contribution < 1.29 is 4.79 Å². The van der Waals surface area contributed by atoms with Gasteiger partial charge in [-0.2, -0.15) is 0 Å². The van der Waals surface area contributed by atoms with Crippen LogP contribution >= 0.6 is 0 Å². The third kappa shape index (κ3) is 2.20. The minimum absolute atomic E-state index is 0.187. The summed E-state index contributed by atoms with van der Waals surface area (Å²) in [4.78, 5) is 11.3. The maximum absolute atomic E-state index is 11.3. The van der Waals surface area contributed by atoms with Gasteiger partial charge in [0.1, 0.15) is 0 Å². The highest BCUT2D eigenvalue weighted by atomic mass is 16.1. The van der Waals surface area contributed by atoms with Crippen molar-refractivity contribution >= 4 is 5.91 Å². The van der Waals surface area contributed by atoms with E-state index in [1.807, 2.05) is 0 Å². The molecule has 2 rings (SSSR count). The SMILES string of the molecule is Cc1ccc(C)c(C2CCCC(=O)N2)c1. The number of amides is 1. The maximum atomic E-state index is 11.3. The van der Waals surface area contributed by atoms with E-state index in [0.29, 0.717) is 6.42 Å². The van der Waals surface area contributed by atoms with Crippen LogP contribution in [0.3, 0.4) is 0 Å². The van der Waals surface area contributed by atoms with Crippen LogP contribution in [0.2, 0.25) is 0 Å². The molecule has 1 atom stereocenters. The van der Waals surface area contributed by atoms with Crippen molar-refractivity contribution in [1.82, 2.24) is 5.32 Å². The van der Waals surface area contributed by atoms with Gasteiger partial charge in [-0.1, -0.05) is 23.8 Å². The fraction of sp³-hybridized carbons (Fsp3) is 0.462. The highest BCUT2D eigenvalue weighted by Gasteiger charge is 2.20. The number of aryl methyl sites for hydroxylation is 2. The van der Waals surface area contributed by atoms with Crippen LogP contribution in [0.15, 0.2) is 18.2 Å². The maximum Gasteiger partial charge on any atom is 0.220 e. The molecule has 1 amide bonds. The van der Waals surface area contributed by atoms with Crippen LogP contribution in [0, 0.1) is 13.8 Å². The summed E-state index contributed by atoms with van der Waals surface area (Å²) in [6.45, 7) is 4.20. The second-order valence-corrected chi connectivity index (χ2v) is 4.37. The Morgan fingerprint density at radius 1 is 1.33 bits per heavy atom. The molecule has 2 nitrogen and oxygen atoms in total. The minimum atomic E-state index is 0.187. The van der Waals surface area contributed by atoms with Gasteiger partial charge in [-0.25, -0.2) is 0 Å². The van der Waals surface area contributed by atoms with Gasteiger partial charge >= 0.3 is 0 Å². The summed E-state index contributed by atoms with van der Waals surface area (Å²) < 4.78 is 0. The summed E-state index contributed by atoms with van der Waals surface area (Å²) in [5.41, 5.74) is 3.81. The van der Waals surface area contributed by atoms with Gasteiger partial charge in [0.15, 0.2) is 0 Å². The summed E-state index contributed by atoms with van der Waals surface area (Å²) in [7, 11) is 0. The first kappa shape index (κ1) is 10.2. The van der Waals surface area contributed by atoms with E-state index >= 15 is 0 Å². The smallest absolute Gasteiger partial charge is 0.220 e. The first-order valence-corrected chi connectivity index (χ1v) is 5.53. The zero-order valence-corrected chi connectivity index (χ0v) is 9.34. The zero-order chi connectivity index (χ0) is 10.8. The van der Waals surface area contributed by atoms with Gasteiger partial charge in [-0.15, -0.1) is 0 Å². The Labute approximate surface area is 90.7 Å². The molecule has 1 N–H and O–H groups in total. The van der Waals surface area contributed by atoms with Crippen LogP contribution in [0.4, 0.5) is 0 Å². The summed E-state index contributed by atoms with van der Waals surface area (Å²) in [6.07, 6.45) is 2.75. The topological polar surface area (TPSA) is 29.1 Å². The van der Waals surface area contributed by atoms with Crippen molar-refractivity contribution in [2.75, 3.05) is 0 Å². The second-order valence-electron chi connectivity index (χ2n) is 4.37. The summed E-state index contributed by atoms with van der Waals surface area (Å²) in [5, 5.41) is 3.06. The molecule has 0 aliphatic carbocycles. The van der Waals surface area contributed by atoms with Crippen molar-refractivity contribution in [2.45, 2.75) is 39.2 Å². The van der Waals surface area contributed by atoms with E-state index in [1.54, 1.807) is 0 Å². The Morgan fingerprint density at radius 3 is 2.87 bits per heavy atom. The van der Waals surface area contributed by atoms with Crippen molar-refractivity contribution in [2.24, 2.45) is 0 Å². The van der Waals surface area contributed by atoms with Crippen LogP contribution in [-0.2, 0) is 4.79 Å². The quantitative estimate of drug-likeness (QED) is 0.747. The minimum Gasteiger partial charge on any atom is -0.349 e. The highest BCUT2D eigenvalue weighted by Crippen LogP contribution is 2.26. The molecule has 1 aliphatic rings. The van der Waals surface area contributed by atoms with Gasteiger partial charge in [0.25, 0.3) is 0 Å². The normalized spacial score (nSPS) is 21.2. The Bertz CT molecular complexity index is 384. The lowest BCUT2D eigenvalue weighted by Gasteiger charge is -2.25. The van der Waals surface area contributed by atoms with Gasteiger partial charge in [0.2, 0.25) is 5.91 Å². The van der Waals surface area contributed by atoms with E-state index in [0.717, 1.165) is 12.8 Å². The Balaban J connectivity index is 2.27. The third-order valence-corrected chi connectivity index (χ3v) is 3.04. The molecule has 0 saturated carbocycles. The monoisotopic (exact) mass is 203 g/mol. The van der Waals surface area contributed by atoms with Crippen molar-refractivity contribution in [1.29, 1.82) is 0 Å². The van der Waals surface area contributed by atoms with Crippen LogP contribution in [0.1, 0.15) is 42.0 Å². The van der Waals surface area contributed by atoms with Gasteiger partial charge in [-0.3, -0.25) is 4.79 Å². The van der Waals surface area contributed by atoms with Crippen LogP contribution in [-0.4, -0.2) is 5.91 Å². The van der Waals surface area contributed by atoms with E-state index in [-0.39, 0.29) is 11.9 Å². The van der Waals surface area contributed by atoms with Gasteiger partial charge in [-0.05, 0) is 37.8 Å². The predicted molar refractivity (Wildman–Crippen MR) is 60.7 cm³/mol. The van der Waals surface area contributed by atoms with Crippen LogP contribution < -0.4 is 5.32 Å². The summed E-state index contributed by atoms with van der Waals surface area (Å²) >= 11 is 0. The van der Waals surface area contributed by atoms with Gasteiger partial charge in [0.05, 0.1) is 6.04 Å².